The second kappa shape index (κ2) is 4.25. The van der Waals surface area contributed by atoms with E-state index in [-0.39, 0.29) is 5.89 Å². The van der Waals surface area contributed by atoms with Gasteiger partial charge in [0.15, 0.2) is 0 Å². The van der Waals surface area contributed by atoms with E-state index in [1.165, 1.54) is 0 Å². The number of nitrogens with zero attached hydrogens (tertiary/aromatic N) is 2. The Labute approximate surface area is 97.2 Å². The predicted octanol–water partition coefficient (Wildman–Crippen LogP) is 2.38. The van der Waals surface area contributed by atoms with Crippen LogP contribution in [0.2, 0.25) is 5.02 Å². The molecule has 0 bridgehead atoms. The lowest BCUT2D eigenvalue weighted by Crippen LogP contribution is -1.89. The number of aromatic nitrogens is 2. The van der Waals surface area contributed by atoms with E-state index in [0.29, 0.717) is 22.2 Å². The highest BCUT2D eigenvalue weighted by molar-refractivity contribution is 6.30. The number of rotatable bonds is 2. The van der Waals surface area contributed by atoms with Gasteiger partial charge in [-0.1, -0.05) is 16.8 Å². The van der Waals surface area contributed by atoms with Crippen molar-refractivity contribution in [2.75, 3.05) is 7.11 Å². The number of hydrogen-bond donors (Lipinski definition) is 0. The van der Waals surface area contributed by atoms with Crippen LogP contribution in [0.15, 0.2) is 22.7 Å². The quantitative estimate of drug-likeness (QED) is 0.749. The molecule has 4 nitrogen and oxygen atoms in total. The third kappa shape index (κ3) is 1.86. The molecule has 0 amide bonds. The minimum absolute atomic E-state index is 0.122. The zero-order chi connectivity index (χ0) is 11.5. The smallest absolute Gasteiger partial charge is 0.302 e. The van der Waals surface area contributed by atoms with Crippen LogP contribution in [-0.4, -0.2) is 17.3 Å². The molecule has 2 rings (SSSR count). The van der Waals surface area contributed by atoms with Crippen LogP contribution in [0.4, 0.5) is 0 Å². The number of terminal acetylenes is 1. The van der Waals surface area contributed by atoms with E-state index >= 15 is 0 Å². The fourth-order valence-corrected chi connectivity index (χ4v) is 1.42. The Balaban J connectivity index is 2.54. The van der Waals surface area contributed by atoms with E-state index in [9.17, 15) is 0 Å². The summed E-state index contributed by atoms with van der Waals surface area (Å²) in [6.07, 6.45) is 5.14. The normalized spacial score (nSPS) is 9.81. The highest BCUT2D eigenvalue weighted by atomic mass is 35.5. The highest BCUT2D eigenvalue weighted by Gasteiger charge is 2.12. The van der Waals surface area contributed by atoms with Gasteiger partial charge < -0.3 is 9.26 Å². The lowest BCUT2D eigenvalue weighted by Gasteiger charge is -2.04. The van der Waals surface area contributed by atoms with Gasteiger partial charge in [-0.15, -0.1) is 6.42 Å². The molecule has 1 aromatic heterocycles. The van der Waals surface area contributed by atoms with Gasteiger partial charge in [0.25, 0.3) is 0 Å². The van der Waals surface area contributed by atoms with Crippen molar-refractivity contribution < 1.29 is 9.26 Å². The van der Waals surface area contributed by atoms with Crippen molar-refractivity contribution in [3.05, 3.63) is 29.1 Å². The Hall–Kier alpha value is -1.99. The third-order valence-corrected chi connectivity index (χ3v) is 2.19. The van der Waals surface area contributed by atoms with E-state index in [1.54, 1.807) is 25.3 Å². The Morgan fingerprint density at radius 2 is 2.31 bits per heavy atom. The van der Waals surface area contributed by atoms with Crippen molar-refractivity contribution >= 4 is 11.6 Å². The maximum atomic E-state index is 5.88. The number of ether oxygens (including phenoxy) is 1. The molecule has 0 fully saturated rings. The summed E-state index contributed by atoms with van der Waals surface area (Å²) in [5, 5.41) is 4.30. The van der Waals surface area contributed by atoms with Crippen LogP contribution < -0.4 is 4.74 Å². The van der Waals surface area contributed by atoms with E-state index in [0.717, 1.165) is 0 Å². The van der Waals surface area contributed by atoms with Crippen molar-refractivity contribution in [3.8, 4) is 29.5 Å². The molecule has 0 spiro atoms. The summed E-state index contributed by atoms with van der Waals surface area (Å²) in [6, 6.07) is 5.13. The minimum atomic E-state index is 0.122. The Morgan fingerprint density at radius 1 is 1.50 bits per heavy atom. The van der Waals surface area contributed by atoms with Crippen molar-refractivity contribution in [1.82, 2.24) is 10.1 Å². The molecule has 0 aliphatic heterocycles. The minimum Gasteiger partial charge on any atom is -0.496 e. The van der Waals surface area contributed by atoms with Crippen LogP contribution in [0.25, 0.3) is 11.4 Å². The van der Waals surface area contributed by atoms with Gasteiger partial charge >= 0.3 is 5.89 Å². The van der Waals surface area contributed by atoms with Crippen molar-refractivity contribution in [2.24, 2.45) is 0 Å². The SMILES string of the molecule is C#Cc1nc(-c2cc(Cl)ccc2OC)no1. The topological polar surface area (TPSA) is 48.2 Å². The van der Waals surface area contributed by atoms with Crippen LogP contribution in [0.1, 0.15) is 5.89 Å². The number of benzene rings is 1. The van der Waals surface area contributed by atoms with Crippen LogP contribution in [-0.2, 0) is 0 Å². The highest BCUT2D eigenvalue weighted by Crippen LogP contribution is 2.30. The molecule has 0 aliphatic rings. The van der Waals surface area contributed by atoms with Crippen LogP contribution >= 0.6 is 11.6 Å². The number of hydrogen-bond acceptors (Lipinski definition) is 4. The van der Waals surface area contributed by atoms with E-state index in [1.807, 2.05) is 0 Å². The summed E-state index contributed by atoms with van der Waals surface area (Å²) in [4.78, 5) is 4.00. The van der Waals surface area contributed by atoms with Gasteiger partial charge in [-0.25, -0.2) is 0 Å². The molecule has 0 atom stereocenters. The van der Waals surface area contributed by atoms with E-state index < -0.39 is 0 Å². The van der Waals surface area contributed by atoms with Gasteiger partial charge in [-0.05, 0) is 24.1 Å². The first-order chi connectivity index (χ1) is 7.74. The standard InChI is InChI=1S/C11H7ClN2O2/c1-3-10-13-11(14-16-10)8-6-7(12)4-5-9(8)15-2/h1,4-6H,2H3. The lowest BCUT2D eigenvalue weighted by molar-refractivity contribution is 0.405. The average Bonchev–Trinajstić information content (AvgIpc) is 2.77. The summed E-state index contributed by atoms with van der Waals surface area (Å²) < 4.78 is 9.98. The van der Waals surface area contributed by atoms with Gasteiger partial charge in [0.2, 0.25) is 5.82 Å². The number of halogens is 1. The Kier molecular flexibility index (Phi) is 2.80. The molecule has 1 heterocycles. The summed E-state index contributed by atoms with van der Waals surface area (Å²) >= 11 is 5.88. The predicted molar refractivity (Wildman–Crippen MR) is 59.2 cm³/mol. The molecular formula is C11H7ClN2O2. The summed E-state index contributed by atoms with van der Waals surface area (Å²) in [7, 11) is 1.55. The molecule has 80 valence electrons. The maximum absolute atomic E-state index is 5.88. The molecule has 0 radical (unpaired) electrons. The molecule has 16 heavy (non-hydrogen) atoms. The molecule has 0 N–H and O–H groups in total. The van der Waals surface area contributed by atoms with Crippen LogP contribution in [0, 0.1) is 12.3 Å². The van der Waals surface area contributed by atoms with Gasteiger partial charge in [-0.3, -0.25) is 0 Å². The van der Waals surface area contributed by atoms with Gasteiger partial charge in [0.1, 0.15) is 5.75 Å². The van der Waals surface area contributed by atoms with Gasteiger partial charge in [0, 0.05) is 5.02 Å². The first kappa shape index (κ1) is 10.5. The summed E-state index contributed by atoms with van der Waals surface area (Å²) in [6.45, 7) is 0. The number of methoxy groups -OCH3 is 1. The third-order valence-electron chi connectivity index (χ3n) is 1.95. The van der Waals surface area contributed by atoms with Crippen LogP contribution in [0.5, 0.6) is 5.75 Å². The molecule has 0 saturated carbocycles. The molecule has 0 unspecified atom stereocenters. The van der Waals surface area contributed by atoms with E-state index in [2.05, 4.69) is 16.1 Å². The van der Waals surface area contributed by atoms with Crippen molar-refractivity contribution in [2.45, 2.75) is 0 Å². The van der Waals surface area contributed by atoms with Crippen LogP contribution in [0.3, 0.4) is 0 Å². The fourth-order valence-electron chi connectivity index (χ4n) is 1.25. The zero-order valence-electron chi connectivity index (χ0n) is 8.40. The second-order valence-corrected chi connectivity index (χ2v) is 3.35. The molecule has 0 saturated heterocycles. The van der Waals surface area contributed by atoms with E-state index in [4.69, 9.17) is 27.3 Å². The first-order valence-corrected chi connectivity index (χ1v) is 4.76. The molecule has 5 heteroatoms. The van der Waals surface area contributed by atoms with Crippen molar-refractivity contribution in [1.29, 1.82) is 0 Å². The monoisotopic (exact) mass is 234 g/mol. The van der Waals surface area contributed by atoms with Crippen molar-refractivity contribution in [3.63, 3.8) is 0 Å². The summed E-state index contributed by atoms with van der Waals surface area (Å²) in [5.74, 6) is 3.34. The fraction of sp³-hybridized carbons (Fsp3) is 0.0909. The molecule has 2 aromatic rings. The second-order valence-electron chi connectivity index (χ2n) is 2.91. The van der Waals surface area contributed by atoms with Gasteiger partial charge in [0.05, 0.1) is 12.7 Å². The Bertz CT molecular complexity index is 557. The molecular weight excluding hydrogens is 228 g/mol. The molecule has 0 aliphatic carbocycles. The largest absolute Gasteiger partial charge is 0.496 e. The first-order valence-electron chi connectivity index (χ1n) is 4.39. The summed E-state index contributed by atoms with van der Waals surface area (Å²) in [5.41, 5.74) is 0.639. The van der Waals surface area contributed by atoms with Gasteiger partial charge in [-0.2, -0.15) is 4.98 Å². The lowest BCUT2D eigenvalue weighted by atomic mass is 10.2. The maximum Gasteiger partial charge on any atom is 0.302 e. The zero-order valence-corrected chi connectivity index (χ0v) is 9.15. The molecule has 1 aromatic carbocycles. The average molecular weight is 235 g/mol. The Morgan fingerprint density at radius 3 is 2.94 bits per heavy atom.